The first-order valence-corrected chi connectivity index (χ1v) is 11.8. The number of thioether (sulfide) groups is 1. The molecule has 1 spiro atoms. The van der Waals surface area contributed by atoms with Crippen LogP contribution in [0.2, 0.25) is 0 Å². The van der Waals surface area contributed by atoms with E-state index in [0.29, 0.717) is 0 Å². The topological polar surface area (TPSA) is 71.8 Å². The van der Waals surface area contributed by atoms with Gasteiger partial charge in [0.15, 0.2) is 5.82 Å². The van der Waals surface area contributed by atoms with Gasteiger partial charge in [0.25, 0.3) is 0 Å². The molecule has 1 atom stereocenters. The summed E-state index contributed by atoms with van der Waals surface area (Å²) in [7, 11) is 0. The van der Waals surface area contributed by atoms with Crippen molar-refractivity contribution in [3.05, 3.63) is 59.7 Å². The molecular weight excluding hydrogens is 406 g/mol. The molecule has 0 bridgehead atoms. The van der Waals surface area contributed by atoms with Gasteiger partial charge in [-0.25, -0.2) is 4.68 Å². The Morgan fingerprint density at radius 1 is 1.06 bits per heavy atom. The molecule has 0 saturated heterocycles. The molecule has 6 nitrogen and oxygen atoms in total. The van der Waals surface area contributed by atoms with Crippen LogP contribution in [0.15, 0.2) is 53.7 Å². The quantitative estimate of drug-likeness (QED) is 0.613. The zero-order valence-electron chi connectivity index (χ0n) is 17.9. The van der Waals surface area contributed by atoms with Crippen LogP contribution in [0, 0.1) is 13.8 Å². The molecule has 0 radical (unpaired) electrons. The van der Waals surface area contributed by atoms with E-state index in [1.54, 1.807) is 0 Å². The Morgan fingerprint density at radius 3 is 2.48 bits per heavy atom. The van der Waals surface area contributed by atoms with Gasteiger partial charge in [0.05, 0.1) is 5.54 Å². The van der Waals surface area contributed by atoms with E-state index in [0.717, 1.165) is 59.0 Å². The molecule has 31 heavy (non-hydrogen) atoms. The summed E-state index contributed by atoms with van der Waals surface area (Å²) in [6, 6.07) is 16.2. The average molecular weight is 434 g/mol. The molecule has 0 unspecified atom stereocenters. The molecule has 2 aromatic carbocycles. The lowest BCUT2D eigenvalue weighted by molar-refractivity contribution is -0.117. The Hall–Kier alpha value is -2.80. The van der Waals surface area contributed by atoms with Crippen molar-refractivity contribution in [1.82, 2.24) is 14.9 Å². The van der Waals surface area contributed by atoms with Crippen molar-refractivity contribution >= 4 is 23.4 Å². The lowest BCUT2D eigenvalue weighted by Crippen LogP contribution is -2.59. The fourth-order valence-electron chi connectivity index (χ4n) is 4.84. The molecule has 2 aliphatic rings. The highest BCUT2D eigenvalue weighted by Crippen LogP contribution is 2.44. The Kier molecular flexibility index (Phi) is 5.22. The molecule has 5 rings (SSSR count). The van der Waals surface area contributed by atoms with Gasteiger partial charge in [-0.1, -0.05) is 67.4 Å². The second-order valence-electron chi connectivity index (χ2n) is 8.70. The van der Waals surface area contributed by atoms with E-state index < -0.39 is 0 Å². The highest BCUT2D eigenvalue weighted by molar-refractivity contribution is 8.00. The second-order valence-corrected chi connectivity index (χ2v) is 9.77. The number of carbonyl (C=O) groups is 1. The van der Waals surface area contributed by atoms with Crippen molar-refractivity contribution in [3.8, 4) is 11.4 Å². The molecule has 2 N–H and O–H groups in total. The number of benzene rings is 2. The van der Waals surface area contributed by atoms with Gasteiger partial charge in [-0.05, 0) is 49.9 Å². The Morgan fingerprint density at radius 2 is 1.77 bits per heavy atom. The number of anilines is 1. The van der Waals surface area contributed by atoms with Crippen molar-refractivity contribution in [2.45, 2.75) is 61.9 Å². The minimum absolute atomic E-state index is 0.0277. The molecule has 1 amide bonds. The number of carbonyl (C=O) groups excluding carboxylic acids is 1. The summed E-state index contributed by atoms with van der Waals surface area (Å²) >= 11 is 1.53. The third-order valence-electron chi connectivity index (χ3n) is 6.20. The van der Waals surface area contributed by atoms with Crippen LogP contribution >= 0.6 is 11.8 Å². The summed E-state index contributed by atoms with van der Waals surface area (Å²) in [6.45, 7) is 4.10. The van der Waals surface area contributed by atoms with Crippen molar-refractivity contribution in [1.29, 1.82) is 0 Å². The van der Waals surface area contributed by atoms with E-state index in [4.69, 9.17) is 0 Å². The summed E-state index contributed by atoms with van der Waals surface area (Å²) in [5.41, 5.74) is 7.55. The Bertz CT molecular complexity index is 1080. The van der Waals surface area contributed by atoms with Crippen LogP contribution in [0.25, 0.3) is 11.4 Å². The summed E-state index contributed by atoms with van der Waals surface area (Å²) < 4.78 is 1.99. The average Bonchev–Trinajstić information content (AvgIpc) is 3.16. The molecule has 3 aromatic rings. The van der Waals surface area contributed by atoms with Gasteiger partial charge in [0, 0.05) is 11.3 Å². The monoisotopic (exact) mass is 433 g/mol. The minimum atomic E-state index is -0.315. The summed E-state index contributed by atoms with van der Waals surface area (Å²) in [4.78, 5) is 13.5. The number of nitrogens with zero attached hydrogens (tertiary/aromatic N) is 3. The second kappa shape index (κ2) is 8.04. The fraction of sp³-hybridized carbons (Fsp3) is 0.375. The Labute approximate surface area is 186 Å². The molecule has 2 heterocycles. The van der Waals surface area contributed by atoms with Gasteiger partial charge >= 0.3 is 0 Å². The molecule has 1 aromatic heterocycles. The molecule has 1 aliphatic carbocycles. The molecule has 1 fully saturated rings. The standard InChI is InChI=1S/C24H27N5OS/c1-16-13-17(2)15-19(14-16)25-22(30)20-24(11-7-4-8-12-24)28-29-21(26-27-23(29)31-20)18-9-5-3-6-10-18/h3,5-6,9-10,13-15,20,28H,4,7-8,11-12H2,1-2H3,(H,25,30)/t20-/m0/s1. The van der Waals surface area contributed by atoms with Crippen molar-refractivity contribution < 1.29 is 4.79 Å². The van der Waals surface area contributed by atoms with E-state index >= 15 is 0 Å². The molecule has 1 saturated carbocycles. The van der Waals surface area contributed by atoms with Crippen LogP contribution in [0.4, 0.5) is 5.69 Å². The highest BCUT2D eigenvalue weighted by atomic mass is 32.2. The number of fused-ring (bicyclic) bond motifs is 1. The number of rotatable bonds is 3. The van der Waals surface area contributed by atoms with Crippen molar-refractivity contribution in [3.63, 3.8) is 0 Å². The maximum atomic E-state index is 13.5. The van der Waals surface area contributed by atoms with Crippen LogP contribution in [-0.4, -0.2) is 31.6 Å². The van der Waals surface area contributed by atoms with Gasteiger partial charge in [-0.2, -0.15) is 0 Å². The number of aryl methyl sites for hydroxylation is 2. The van der Waals surface area contributed by atoms with E-state index in [1.165, 1.54) is 18.2 Å². The van der Waals surface area contributed by atoms with Crippen molar-refractivity contribution in [2.75, 3.05) is 10.7 Å². The maximum Gasteiger partial charge on any atom is 0.240 e. The number of hydrogen-bond acceptors (Lipinski definition) is 5. The van der Waals surface area contributed by atoms with Crippen LogP contribution in [0.3, 0.4) is 0 Å². The van der Waals surface area contributed by atoms with Gasteiger partial charge in [0.2, 0.25) is 11.1 Å². The highest BCUT2D eigenvalue weighted by Gasteiger charge is 2.49. The van der Waals surface area contributed by atoms with Crippen LogP contribution < -0.4 is 10.7 Å². The number of nitrogens with one attached hydrogen (secondary N) is 2. The van der Waals surface area contributed by atoms with Gasteiger partial charge in [-0.3, -0.25) is 4.79 Å². The smallest absolute Gasteiger partial charge is 0.240 e. The lowest BCUT2D eigenvalue weighted by Gasteiger charge is -2.46. The fourth-order valence-corrected chi connectivity index (χ4v) is 6.05. The van der Waals surface area contributed by atoms with E-state index in [1.807, 2.05) is 47.1 Å². The minimum Gasteiger partial charge on any atom is -0.325 e. The van der Waals surface area contributed by atoms with Crippen LogP contribution in [0.5, 0.6) is 0 Å². The SMILES string of the molecule is Cc1cc(C)cc(NC(=O)[C@@H]2Sc3nnc(-c4ccccc4)n3NC23CCCCC3)c1. The first-order valence-electron chi connectivity index (χ1n) is 10.9. The maximum absolute atomic E-state index is 13.5. The Balaban J connectivity index is 1.49. The van der Waals surface area contributed by atoms with Crippen molar-refractivity contribution in [2.24, 2.45) is 0 Å². The first kappa shape index (κ1) is 20.1. The predicted octanol–water partition coefficient (Wildman–Crippen LogP) is 4.92. The number of hydrogen-bond donors (Lipinski definition) is 2. The lowest BCUT2D eigenvalue weighted by atomic mass is 9.79. The third-order valence-corrected chi connectivity index (χ3v) is 7.57. The zero-order chi connectivity index (χ0) is 21.4. The summed E-state index contributed by atoms with van der Waals surface area (Å²) in [6.07, 6.45) is 5.34. The number of aromatic nitrogens is 3. The van der Waals surface area contributed by atoms with Crippen LogP contribution in [-0.2, 0) is 4.79 Å². The van der Waals surface area contributed by atoms with Gasteiger partial charge in [0.1, 0.15) is 5.25 Å². The molecule has 1 aliphatic heterocycles. The predicted molar refractivity (Wildman–Crippen MR) is 125 cm³/mol. The summed E-state index contributed by atoms with van der Waals surface area (Å²) in [5, 5.41) is 12.5. The normalized spacial score (nSPS) is 19.5. The molecule has 160 valence electrons. The molecular formula is C24H27N5OS. The van der Waals surface area contributed by atoms with Crippen LogP contribution in [0.1, 0.15) is 43.2 Å². The third kappa shape index (κ3) is 3.82. The van der Waals surface area contributed by atoms with E-state index in [-0.39, 0.29) is 16.7 Å². The zero-order valence-corrected chi connectivity index (χ0v) is 18.7. The summed E-state index contributed by atoms with van der Waals surface area (Å²) in [5.74, 6) is 0.820. The van der Waals surface area contributed by atoms with E-state index in [2.05, 4.69) is 40.9 Å². The van der Waals surface area contributed by atoms with E-state index in [9.17, 15) is 4.79 Å². The molecule has 7 heteroatoms. The largest absolute Gasteiger partial charge is 0.325 e. The van der Waals surface area contributed by atoms with Gasteiger partial charge < -0.3 is 10.7 Å². The number of amides is 1. The first-order chi connectivity index (χ1) is 15.0. The van der Waals surface area contributed by atoms with Gasteiger partial charge in [-0.15, -0.1) is 10.2 Å².